The number of nitrogens with one attached hydrogen (secondary N) is 1. The largest absolute Gasteiger partial charge is 0.327 e. The maximum absolute atomic E-state index is 11.6. The number of anilines is 1. The van der Waals surface area contributed by atoms with E-state index in [1.165, 1.54) is 11.0 Å². The Bertz CT molecular complexity index is 528. The number of nitrogens with two attached hydrogens (primary N) is 1. The lowest BCUT2D eigenvalue weighted by Gasteiger charge is -2.08. The number of tetrazole rings is 1. The zero-order chi connectivity index (χ0) is 13.0. The first-order valence-corrected chi connectivity index (χ1v) is 5.54. The van der Waals surface area contributed by atoms with Crippen LogP contribution in [0.3, 0.4) is 0 Å². The third-order valence-corrected chi connectivity index (χ3v) is 2.25. The lowest BCUT2D eigenvalue weighted by molar-refractivity contribution is -0.116. The second-order valence-electron chi connectivity index (χ2n) is 4.03. The lowest BCUT2D eigenvalue weighted by Crippen LogP contribution is -2.24. The predicted octanol–water partition coefficient (Wildman–Crippen LogP) is 0.760. The highest BCUT2D eigenvalue weighted by Gasteiger charge is 2.06. The van der Waals surface area contributed by atoms with Crippen molar-refractivity contribution in [1.82, 2.24) is 20.2 Å². The molecule has 1 unspecified atom stereocenters. The van der Waals surface area contributed by atoms with Gasteiger partial charge in [-0.25, -0.2) is 4.68 Å². The molecule has 3 N–H and O–H groups in total. The molecule has 102 valence electrons. The van der Waals surface area contributed by atoms with Crippen molar-refractivity contribution in [3.63, 3.8) is 0 Å². The SMILES string of the molecule is CC(N)CC(=O)Nc1cccc(-n2cnnn2)c1.Cl. The number of hydrogen-bond donors (Lipinski definition) is 2. The van der Waals surface area contributed by atoms with Crippen molar-refractivity contribution in [2.45, 2.75) is 19.4 Å². The van der Waals surface area contributed by atoms with Gasteiger partial charge in [0.25, 0.3) is 0 Å². The Morgan fingerprint density at radius 1 is 1.53 bits per heavy atom. The number of nitrogens with zero attached hydrogens (tertiary/aromatic N) is 4. The first-order valence-electron chi connectivity index (χ1n) is 5.54. The fraction of sp³-hybridized carbons (Fsp3) is 0.273. The van der Waals surface area contributed by atoms with Crippen molar-refractivity contribution in [3.8, 4) is 5.69 Å². The van der Waals surface area contributed by atoms with Crippen LogP contribution in [0.5, 0.6) is 0 Å². The van der Waals surface area contributed by atoms with Crippen LogP contribution in [-0.4, -0.2) is 32.2 Å². The van der Waals surface area contributed by atoms with Crippen LogP contribution >= 0.6 is 12.4 Å². The van der Waals surface area contributed by atoms with Gasteiger partial charge < -0.3 is 11.1 Å². The minimum Gasteiger partial charge on any atom is -0.327 e. The fourth-order valence-corrected chi connectivity index (χ4v) is 1.51. The molecule has 19 heavy (non-hydrogen) atoms. The third kappa shape index (κ3) is 4.31. The molecule has 8 heteroatoms. The van der Waals surface area contributed by atoms with Crippen molar-refractivity contribution >= 4 is 24.0 Å². The van der Waals surface area contributed by atoms with E-state index in [-0.39, 0.29) is 30.8 Å². The molecule has 0 fully saturated rings. The zero-order valence-electron chi connectivity index (χ0n) is 10.4. The summed E-state index contributed by atoms with van der Waals surface area (Å²) in [7, 11) is 0. The Kier molecular flexibility index (Phi) is 5.40. The number of rotatable bonds is 4. The molecule has 2 rings (SSSR count). The van der Waals surface area contributed by atoms with Gasteiger partial charge in [-0.3, -0.25) is 4.79 Å². The molecule has 0 bridgehead atoms. The van der Waals surface area contributed by atoms with Crippen molar-refractivity contribution in [1.29, 1.82) is 0 Å². The van der Waals surface area contributed by atoms with E-state index in [2.05, 4.69) is 20.8 Å². The normalized spacial score (nSPS) is 11.5. The van der Waals surface area contributed by atoms with Gasteiger partial charge in [-0.05, 0) is 35.5 Å². The standard InChI is InChI=1S/C11H14N6O.ClH/c1-8(12)5-11(18)14-9-3-2-4-10(6-9)17-7-13-15-16-17;/h2-4,6-8H,5,12H2,1H3,(H,14,18);1H. The van der Waals surface area contributed by atoms with Crippen molar-refractivity contribution in [2.75, 3.05) is 5.32 Å². The van der Waals surface area contributed by atoms with Gasteiger partial charge in [0.15, 0.2) is 0 Å². The summed E-state index contributed by atoms with van der Waals surface area (Å²) >= 11 is 0. The average Bonchev–Trinajstić information content (AvgIpc) is 2.81. The van der Waals surface area contributed by atoms with Crippen LogP contribution in [0.25, 0.3) is 5.69 Å². The fourth-order valence-electron chi connectivity index (χ4n) is 1.51. The number of benzene rings is 1. The number of halogens is 1. The smallest absolute Gasteiger partial charge is 0.225 e. The van der Waals surface area contributed by atoms with Crippen molar-refractivity contribution in [2.24, 2.45) is 5.73 Å². The van der Waals surface area contributed by atoms with Crippen LogP contribution in [-0.2, 0) is 4.79 Å². The summed E-state index contributed by atoms with van der Waals surface area (Å²) < 4.78 is 1.52. The maximum Gasteiger partial charge on any atom is 0.225 e. The number of carbonyl (C=O) groups is 1. The quantitative estimate of drug-likeness (QED) is 0.862. The number of aromatic nitrogens is 4. The van der Waals surface area contributed by atoms with E-state index >= 15 is 0 Å². The first kappa shape index (κ1) is 15.1. The van der Waals surface area contributed by atoms with Crippen LogP contribution in [0.4, 0.5) is 5.69 Å². The van der Waals surface area contributed by atoms with E-state index in [0.717, 1.165) is 5.69 Å². The van der Waals surface area contributed by atoms with Crippen LogP contribution in [0, 0.1) is 0 Å². The van der Waals surface area contributed by atoms with E-state index in [0.29, 0.717) is 5.69 Å². The first-order chi connectivity index (χ1) is 8.65. The number of amides is 1. The zero-order valence-corrected chi connectivity index (χ0v) is 11.2. The molecule has 1 aromatic heterocycles. The number of hydrogen-bond acceptors (Lipinski definition) is 5. The van der Waals surface area contributed by atoms with E-state index in [1.54, 1.807) is 19.1 Å². The molecule has 0 saturated carbocycles. The van der Waals surface area contributed by atoms with Crippen LogP contribution in [0.1, 0.15) is 13.3 Å². The Hall–Kier alpha value is -1.99. The molecule has 0 saturated heterocycles. The minimum absolute atomic E-state index is 0. The van der Waals surface area contributed by atoms with Gasteiger partial charge in [-0.15, -0.1) is 17.5 Å². The molecule has 1 heterocycles. The summed E-state index contributed by atoms with van der Waals surface area (Å²) in [5.74, 6) is -0.112. The topological polar surface area (TPSA) is 98.7 Å². The Morgan fingerprint density at radius 3 is 2.95 bits per heavy atom. The highest BCUT2D eigenvalue weighted by molar-refractivity contribution is 5.91. The minimum atomic E-state index is -0.160. The number of carbonyl (C=O) groups excluding carboxylic acids is 1. The van der Waals surface area contributed by atoms with E-state index < -0.39 is 0 Å². The molecule has 1 aromatic carbocycles. The van der Waals surface area contributed by atoms with Gasteiger partial charge >= 0.3 is 0 Å². The maximum atomic E-state index is 11.6. The molecule has 0 aliphatic heterocycles. The van der Waals surface area contributed by atoms with E-state index in [9.17, 15) is 4.79 Å². The highest BCUT2D eigenvalue weighted by Crippen LogP contribution is 2.13. The third-order valence-electron chi connectivity index (χ3n) is 2.25. The summed E-state index contributed by atoms with van der Waals surface area (Å²) in [5, 5.41) is 13.7. The average molecular weight is 283 g/mol. The second kappa shape index (κ2) is 6.81. The molecular weight excluding hydrogens is 268 g/mol. The Balaban J connectivity index is 0.00000180. The highest BCUT2D eigenvalue weighted by atomic mass is 35.5. The van der Waals surface area contributed by atoms with Gasteiger partial charge in [0.05, 0.1) is 5.69 Å². The summed E-state index contributed by atoms with van der Waals surface area (Å²) in [6.07, 6.45) is 1.78. The molecule has 7 nitrogen and oxygen atoms in total. The molecule has 1 atom stereocenters. The Labute approximate surface area is 116 Å². The monoisotopic (exact) mass is 282 g/mol. The molecule has 0 aliphatic rings. The van der Waals surface area contributed by atoms with Crippen molar-refractivity contribution < 1.29 is 4.79 Å². The van der Waals surface area contributed by atoms with Gasteiger partial charge in [-0.1, -0.05) is 6.07 Å². The van der Waals surface area contributed by atoms with Crippen LogP contribution in [0.15, 0.2) is 30.6 Å². The van der Waals surface area contributed by atoms with Gasteiger partial charge in [0, 0.05) is 18.2 Å². The van der Waals surface area contributed by atoms with Gasteiger partial charge in [0.2, 0.25) is 5.91 Å². The van der Waals surface area contributed by atoms with E-state index in [4.69, 9.17) is 5.73 Å². The van der Waals surface area contributed by atoms with Gasteiger partial charge in [-0.2, -0.15) is 0 Å². The summed E-state index contributed by atoms with van der Waals surface area (Å²) in [5.41, 5.74) is 7.03. The molecule has 0 spiro atoms. The Morgan fingerprint density at radius 2 is 2.32 bits per heavy atom. The molecule has 0 aliphatic carbocycles. The lowest BCUT2D eigenvalue weighted by atomic mass is 10.2. The van der Waals surface area contributed by atoms with E-state index in [1.807, 2.05) is 12.1 Å². The molecular formula is C11H15ClN6O. The molecule has 2 aromatic rings. The van der Waals surface area contributed by atoms with Crippen molar-refractivity contribution in [3.05, 3.63) is 30.6 Å². The molecule has 0 radical (unpaired) electrons. The van der Waals surface area contributed by atoms with Crippen LogP contribution in [0.2, 0.25) is 0 Å². The molecule has 1 amide bonds. The van der Waals surface area contributed by atoms with Gasteiger partial charge in [0.1, 0.15) is 6.33 Å². The second-order valence-corrected chi connectivity index (χ2v) is 4.03. The van der Waals surface area contributed by atoms with Crippen LogP contribution < -0.4 is 11.1 Å². The predicted molar refractivity (Wildman–Crippen MR) is 73.3 cm³/mol. The summed E-state index contributed by atoms with van der Waals surface area (Å²) in [6, 6.07) is 7.09. The summed E-state index contributed by atoms with van der Waals surface area (Å²) in [4.78, 5) is 11.6. The summed E-state index contributed by atoms with van der Waals surface area (Å²) in [6.45, 7) is 1.79.